The van der Waals surface area contributed by atoms with Crippen LogP contribution >= 0.6 is 11.6 Å². The lowest BCUT2D eigenvalue weighted by molar-refractivity contribution is -0.127. The van der Waals surface area contributed by atoms with E-state index in [4.69, 9.17) is 25.8 Å². The largest absolute Gasteiger partial charge is 0.493 e. The minimum absolute atomic E-state index is 0.0232. The molecule has 1 saturated heterocycles. The third-order valence-electron chi connectivity index (χ3n) is 8.83. The maximum absolute atomic E-state index is 13.1. The fourth-order valence-corrected chi connectivity index (χ4v) is 6.13. The van der Waals surface area contributed by atoms with Gasteiger partial charge in [0.05, 0.1) is 17.8 Å². The summed E-state index contributed by atoms with van der Waals surface area (Å²) in [4.78, 5) is 21.7. The number of carbonyl (C=O) groups is 1. The first-order valence-corrected chi connectivity index (χ1v) is 17.4. The molecule has 0 bridgehead atoms. The molecule has 9 heteroatoms. The molecule has 2 heterocycles. The normalized spacial score (nSPS) is 13.4. The third-order valence-corrected chi connectivity index (χ3v) is 9.11. The zero-order valence-electron chi connectivity index (χ0n) is 28.9. The molecule has 7 nitrogen and oxygen atoms in total. The predicted octanol–water partition coefficient (Wildman–Crippen LogP) is 8.84. The smallest absolute Gasteiger partial charge is 0.246 e. The van der Waals surface area contributed by atoms with Crippen molar-refractivity contribution in [3.63, 3.8) is 0 Å². The van der Waals surface area contributed by atoms with Gasteiger partial charge in [0.15, 0.2) is 5.75 Å². The summed E-state index contributed by atoms with van der Waals surface area (Å²) in [6.45, 7) is 8.73. The number of amides is 1. The molecule has 51 heavy (non-hydrogen) atoms. The van der Waals surface area contributed by atoms with Crippen molar-refractivity contribution in [2.75, 3.05) is 32.8 Å². The number of halogens is 2. The predicted molar refractivity (Wildman–Crippen MR) is 199 cm³/mol. The molecule has 6 rings (SSSR count). The molecule has 1 amide bonds. The highest BCUT2D eigenvalue weighted by Gasteiger charge is 2.20. The number of rotatable bonds is 13. The average Bonchev–Trinajstić information content (AvgIpc) is 3.14. The van der Waals surface area contributed by atoms with Crippen LogP contribution in [0.4, 0.5) is 4.39 Å². The van der Waals surface area contributed by atoms with Crippen LogP contribution in [0.1, 0.15) is 33.4 Å². The Morgan fingerprint density at radius 2 is 1.57 bits per heavy atom. The first-order chi connectivity index (χ1) is 24.8. The molecule has 262 valence electrons. The molecule has 5 aromatic rings. The van der Waals surface area contributed by atoms with Gasteiger partial charge in [-0.3, -0.25) is 9.69 Å². The van der Waals surface area contributed by atoms with Crippen molar-refractivity contribution in [2.24, 2.45) is 0 Å². The van der Waals surface area contributed by atoms with E-state index in [2.05, 4.69) is 47.1 Å². The Balaban J connectivity index is 0.935. The molecule has 0 aliphatic carbocycles. The molecule has 0 radical (unpaired) electrons. The van der Waals surface area contributed by atoms with Crippen molar-refractivity contribution >= 4 is 23.6 Å². The summed E-state index contributed by atoms with van der Waals surface area (Å²) < 4.78 is 30.7. The summed E-state index contributed by atoms with van der Waals surface area (Å²) in [6.07, 6.45) is 5.81. The van der Waals surface area contributed by atoms with E-state index in [0.29, 0.717) is 54.5 Å². The topological polar surface area (TPSA) is 64.1 Å². The van der Waals surface area contributed by atoms with Gasteiger partial charge in [0.1, 0.15) is 23.9 Å². The fraction of sp³-hybridized carbons (Fsp3) is 0.238. The van der Waals surface area contributed by atoms with Gasteiger partial charge in [-0.1, -0.05) is 60.1 Å². The minimum atomic E-state index is -0.272. The van der Waals surface area contributed by atoms with Crippen molar-refractivity contribution in [3.05, 3.63) is 154 Å². The summed E-state index contributed by atoms with van der Waals surface area (Å²) in [5.41, 5.74) is 6.36. The number of hydrogen-bond acceptors (Lipinski definition) is 6. The first-order valence-electron chi connectivity index (χ1n) is 17.1. The van der Waals surface area contributed by atoms with Crippen LogP contribution in [-0.4, -0.2) is 53.5 Å². The Bertz CT molecular complexity index is 1920. The maximum atomic E-state index is 13.1. The molecule has 1 aliphatic heterocycles. The van der Waals surface area contributed by atoms with Gasteiger partial charge in [0.25, 0.3) is 0 Å². The van der Waals surface area contributed by atoms with Crippen LogP contribution in [0.2, 0.25) is 5.02 Å². The van der Waals surface area contributed by atoms with Gasteiger partial charge in [0.2, 0.25) is 11.8 Å². The quantitative estimate of drug-likeness (QED) is 0.114. The monoisotopic (exact) mass is 705 g/mol. The number of hydrogen-bond donors (Lipinski definition) is 0. The molecule has 0 atom stereocenters. The Kier molecular flexibility index (Phi) is 12.0. The number of nitrogens with zero attached hydrogens (tertiary/aromatic N) is 3. The van der Waals surface area contributed by atoms with Gasteiger partial charge in [-0.2, -0.15) is 0 Å². The molecule has 4 aromatic carbocycles. The second kappa shape index (κ2) is 17.2. The van der Waals surface area contributed by atoms with Crippen molar-refractivity contribution in [2.45, 2.75) is 33.4 Å². The lowest BCUT2D eigenvalue weighted by Gasteiger charge is -2.34. The molecule has 1 aromatic heterocycles. The first kappa shape index (κ1) is 35.6. The number of ether oxygens (including phenoxy) is 3. The summed E-state index contributed by atoms with van der Waals surface area (Å²) in [7, 11) is 0. The number of carbonyl (C=O) groups excluding carboxylic acids is 1. The van der Waals surface area contributed by atoms with Gasteiger partial charge in [0, 0.05) is 51.3 Å². The van der Waals surface area contributed by atoms with Crippen molar-refractivity contribution in [3.8, 4) is 23.1 Å². The van der Waals surface area contributed by atoms with Gasteiger partial charge < -0.3 is 19.1 Å². The average molecular weight is 706 g/mol. The molecule has 0 unspecified atom stereocenters. The number of benzene rings is 4. The van der Waals surface area contributed by atoms with Crippen molar-refractivity contribution < 1.29 is 23.4 Å². The van der Waals surface area contributed by atoms with E-state index in [-0.39, 0.29) is 11.7 Å². The fourth-order valence-electron chi connectivity index (χ4n) is 5.82. The van der Waals surface area contributed by atoms with E-state index in [0.717, 1.165) is 42.7 Å². The highest BCUT2D eigenvalue weighted by atomic mass is 35.5. The van der Waals surface area contributed by atoms with Crippen LogP contribution in [0.15, 0.2) is 109 Å². The second-order valence-corrected chi connectivity index (χ2v) is 13.0. The van der Waals surface area contributed by atoms with Crippen LogP contribution in [0.25, 0.3) is 6.08 Å². The highest BCUT2D eigenvalue weighted by Crippen LogP contribution is 2.34. The molecule has 1 fully saturated rings. The van der Waals surface area contributed by atoms with Gasteiger partial charge >= 0.3 is 0 Å². The van der Waals surface area contributed by atoms with Crippen LogP contribution in [-0.2, 0) is 24.4 Å². The molecule has 0 N–H and O–H groups in total. The van der Waals surface area contributed by atoms with Gasteiger partial charge in [-0.25, -0.2) is 9.37 Å². The molecule has 0 saturated carbocycles. The van der Waals surface area contributed by atoms with Crippen molar-refractivity contribution in [1.29, 1.82) is 0 Å². The van der Waals surface area contributed by atoms with Crippen LogP contribution in [0.5, 0.6) is 23.1 Å². The lowest BCUT2D eigenvalue weighted by Crippen LogP contribution is -2.47. The number of aromatic nitrogens is 1. The Morgan fingerprint density at radius 3 is 2.27 bits per heavy atom. The number of aryl methyl sites for hydroxylation is 2. The minimum Gasteiger partial charge on any atom is -0.493 e. The van der Waals surface area contributed by atoms with E-state index in [1.165, 1.54) is 28.8 Å². The molecular formula is C42H41ClFN3O4. The SMILES string of the molecule is Cc1ccccc1COc1ccc(Oc2c(C)cc(/C=C/C(=O)N3CCN(Cc4ccc(CCOc5ccc(F)cc5)cc4)CC3)cc2Cl)nc1. The molecule has 0 spiro atoms. The maximum Gasteiger partial charge on any atom is 0.246 e. The van der Waals surface area contributed by atoms with Crippen LogP contribution in [0.3, 0.4) is 0 Å². The molecule has 1 aliphatic rings. The molecular weight excluding hydrogens is 665 g/mol. The standard InChI is InChI=1S/C42H41ClFN3O4/c1-30-5-3-4-6-35(30)29-50-38-16-17-40(45-27-38)51-42-31(2)25-34(26-39(42)43)11-18-41(48)47-22-20-46(21-23-47)28-33-9-7-32(8-10-33)19-24-49-37-14-12-36(44)13-15-37/h3-18,25-27H,19-24,28-29H2,1-2H3/b18-11+. The third kappa shape index (κ3) is 10.2. The van der Waals surface area contributed by atoms with E-state index >= 15 is 0 Å². The zero-order valence-corrected chi connectivity index (χ0v) is 29.6. The summed E-state index contributed by atoms with van der Waals surface area (Å²) in [5, 5.41) is 0.434. The van der Waals surface area contributed by atoms with E-state index in [9.17, 15) is 9.18 Å². The number of pyridine rings is 1. The van der Waals surface area contributed by atoms with Gasteiger partial charge in [-0.15, -0.1) is 0 Å². The zero-order chi connectivity index (χ0) is 35.6. The van der Waals surface area contributed by atoms with E-state index < -0.39 is 0 Å². The van der Waals surface area contributed by atoms with Crippen LogP contribution < -0.4 is 14.2 Å². The Hall–Kier alpha value is -5.18. The Morgan fingerprint density at radius 1 is 0.843 bits per heavy atom. The van der Waals surface area contributed by atoms with E-state index in [1.807, 2.05) is 42.2 Å². The van der Waals surface area contributed by atoms with Crippen LogP contribution in [0, 0.1) is 19.7 Å². The number of piperazine rings is 1. The van der Waals surface area contributed by atoms with Crippen molar-refractivity contribution in [1.82, 2.24) is 14.8 Å². The summed E-state index contributed by atoms with van der Waals surface area (Å²) in [5.74, 6) is 1.94. The summed E-state index contributed by atoms with van der Waals surface area (Å²) >= 11 is 6.62. The van der Waals surface area contributed by atoms with E-state index in [1.54, 1.807) is 42.6 Å². The summed E-state index contributed by atoms with van der Waals surface area (Å²) in [6, 6.07) is 30.0. The van der Waals surface area contributed by atoms with Gasteiger partial charge in [-0.05, 0) is 95.8 Å². The lowest BCUT2D eigenvalue weighted by atomic mass is 10.1. The highest BCUT2D eigenvalue weighted by molar-refractivity contribution is 6.32. The Labute approximate surface area is 303 Å². The second-order valence-electron chi connectivity index (χ2n) is 12.6.